The van der Waals surface area contributed by atoms with Gasteiger partial charge in [-0.25, -0.2) is 9.59 Å². The fourth-order valence-corrected chi connectivity index (χ4v) is 7.60. The number of hydrogen-bond donors (Lipinski definition) is 1. The summed E-state index contributed by atoms with van der Waals surface area (Å²) in [6.45, 7) is 3.52. The molecular formula is C36H36N3O5P. The summed E-state index contributed by atoms with van der Waals surface area (Å²) in [5.74, 6) is -2.10. The van der Waals surface area contributed by atoms with E-state index in [1.54, 1.807) is 47.4 Å². The smallest absolute Gasteiger partial charge is 0.329 e. The van der Waals surface area contributed by atoms with Gasteiger partial charge in [0, 0.05) is 11.8 Å². The number of hydrogen-bond acceptors (Lipinski definition) is 4. The molecule has 1 N–H and O–H groups in total. The van der Waals surface area contributed by atoms with E-state index < -0.39 is 31.1 Å². The number of carboxylic acid groups (broad SMARTS) is 1. The van der Waals surface area contributed by atoms with Gasteiger partial charge in [0.15, 0.2) is 0 Å². The number of amides is 3. The summed E-state index contributed by atoms with van der Waals surface area (Å²) in [4.78, 5) is 46.7. The predicted octanol–water partition coefficient (Wildman–Crippen LogP) is 6.15. The quantitative estimate of drug-likeness (QED) is 0.250. The van der Waals surface area contributed by atoms with Crippen LogP contribution in [-0.4, -0.2) is 70.8 Å². The topological polar surface area (TPSA) is 98.2 Å². The first-order valence-electron chi connectivity index (χ1n) is 15.1. The number of likely N-dealkylation sites (tertiary alicyclic amines) is 1. The van der Waals surface area contributed by atoms with E-state index in [2.05, 4.69) is 0 Å². The highest BCUT2D eigenvalue weighted by molar-refractivity contribution is 7.70. The second-order valence-electron chi connectivity index (χ2n) is 12.1. The van der Waals surface area contributed by atoms with Crippen LogP contribution < -0.4 is 10.2 Å². The number of para-hydroxylation sites is 1. The van der Waals surface area contributed by atoms with Crippen LogP contribution in [0.1, 0.15) is 29.9 Å². The van der Waals surface area contributed by atoms with Gasteiger partial charge in [-0.05, 0) is 73.7 Å². The minimum atomic E-state index is -2.51. The van der Waals surface area contributed by atoms with Crippen molar-refractivity contribution in [3.05, 3.63) is 126 Å². The van der Waals surface area contributed by atoms with Gasteiger partial charge >= 0.3 is 12.0 Å². The molecule has 2 fully saturated rings. The molecule has 8 nitrogen and oxygen atoms in total. The number of carbonyl (C=O) groups is 3. The molecule has 0 spiro atoms. The molecule has 4 aromatic carbocycles. The standard InChI is InChI=1S/C36H36N3O5P/c1-45(2,44)30-21-18-28(19-22-30)38(27-16-10-5-11-17-27)36(43)39-29-20-23-31(39)33(35(41)42)37(24-29)34(40)32(25-12-6-3-7-13-25)26-14-8-4-9-15-26/h3-19,21-22,29,31-33H,20,23-24H2,1-2H3,(H,41,42)/t29-,31+,33-/m0/s1. The molecule has 6 rings (SSSR count). The fourth-order valence-electron chi connectivity index (χ4n) is 6.73. The van der Waals surface area contributed by atoms with Gasteiger partial charge in [0.25, 0.3) is 0 Å². The first-order chi connectivity index (χ1) is 21.6. The van der Waals surface area contributed by atoms with E-state index in [-0.39, 0.29) is 24.5 Å². The van der Waals surface area contributed by atoms with Gasteiger partial charge in [0.1, 0.15) is 13.2 Å². The summed E-state index contributed by atoms with van der Waals surface area (Å²) in [7, 11) is -2.51. The van der Waals surface area contributed by atoms with Crippen LogP contribution in [0.4, 0.5) is 16.2 Å². The first-order valence-corrected chi connectivity index (χ1v) is 17.7. The van der Waals surface area contributed by atoms with Crippen LogP contribution in [0, 0.1) is 0 Å². The van der Waals surface area contributed by atoms with Crippen LogP contribution in [-0.2, 0) is 14.2 Å². The number of aliphatic carboxylic acids is 1. The average Bonchev–Trinajstić information content (AvgIpc) is 3.34. The van der Waals surface area contributed by atoms with Crippen molar-refractivity contribution in [3.63, 3.8) is 0 Å². The van der Waals surface area contributed by atoms with E-state index in [0.29, 0.717) is 29.5 Å². The molecule has 0 unspecified atom stereocenters. The van der Waals surface area contributed by atoms with E-state index in [4.69, 9.17) is 0 Å². The molecule has 0 aliphatic carbocycles. The number of rotatable bonds is 7. The van der Waals surface area contributed by atoms with E-state index in [1.165, 1.54) is 4.90 Å². The van der Waals surface area contributed by atoms with Gasteiger partial charge < -0.3 is 19.5 Å². The molecule has 0 radical (unpaired) electrons. The Morgan fingerprint density at radius 1 is 0.756 bits per heavy atom. The maximum Gasteiger partial charge on any atom is 0.329 e. The summed E-state index contributed by atoms with van der Waals surface area (Å²) < 4.78 is 12.7. The Hall–Kier alpha value is -4.68. The molecule has 2 aliphatic rings. The Morgan fingerprint density at radius 2 is 1.27 bits per heavy atom. The number of piperazine rings is 1. The monoisotopic (exact) mass is 621 g/mol. The normalized spacial score (nSPS) is 19.4. The lowest BCUT2D eigenvalue weighted by Gasteiger charge is -2.47. The number of benzene rings is 4. The molecule has 2 saturated heterocycles. The Labute approximate surface area is 263 Å². The molecular weight excluding hydrogens is 585 g/mol. The van der Waals surface area contributed by atoms with Crippen LogP contribution in [0.15, 0.2) is 115 Å². The van der Waals surface area contributed by atoms with Crippen molar-refractivity contribution in [2.75, 3.05) is 24.8 Å². The van der Waals surface area contributed by atoms with Crippen molar-refractivity contribution in [1.82, 2.24) is 9.80 Å². The van der Waals surface area contributed by atoms with Crippen molar-refractivity contribution >= 4 is 41.7 Å². The highest BCUT2D eigenvalue weighted by atomic mass is 31.2. The van der Waals surface area contributed by atoms with Crippen molar-refractivity contribution in [2.45, 2.75) is 36.9 Å². The van der Waals surface area contributed by atoms with E-state index >= 15 is 0 Å². The van der Waals surface area contributed by atoms with E-state index in [1.807, 2.05) is 91.0 Å². The van der Waals surface area contributed by atoms with Crippen LogP contribution in [0.5, 0.6) is 0 Å². The molecule has 45 heavy (non-hydrogen) atoms. The summed E-state index contributed by atoms with van der Waals surface area (Å²) in [6.07, 6.45) is 1.05. The highest BCUT2D eigenvalue weighted by Gasteiger charge is 2.54. The Kier molecular flexibility index (Phi) is 8.34. The van der Waals surface area contributed by atoms with Crippen molar-refractivity contribution in [1.29, 1.82) is 0 Å². The van der Waals surface area contributed by atoms with Gasteiger partial charge in [0.05, 0.1) is 29.4 Å². The van der Waals surface area contributed by atoms with Crippen molar-refractivity contribution in [2.24, 2.45) is 0 Å². The minimum Gasteiger partial charge on any atom is -0.480 e. The third kappa shape index (κ3) is 5.90. The maximum atomic E-state index is 14.6. The number of fused-ring (bicyclic) bond motifs is 2. The second kappa shape index (κ2) is 12.4. The van der Waals surface area contributed by atoms with E-state index in [9.17, 15) is 24.1 Å². The molecule has 3 amide bonds. The third-order valence-corrected chi connectivity index (χ3v) is 10.4. The van der Waals surface area contributed by atoms with E-state index in [0.717, 1.165) is 11.1 Å². The molecule has 9 heteroatoms. The van der Waals surface area contributed by atoms with Crippen LogP contribution in [0.3, 0.4) is 0 Å². The summed E-state index contributed by atoms with van der Waals surface area (Å²) in [5, 5.41) is 11.3. The fraction of sp³-hybridized carbons (Fsp3) is 0.250. The number of urea groups is 1. The highest BCUT2D eigenvalue weighted by Crippen LogP contribution is 2.41. The molecule has 2 heterocycles. The number of anilines is 2. The average molecular weight is 622 g/mol. The zero-order valence-corrected chi connectivity index (χ0v) is 26.2. The Bertz CT molecular complexity index is 1690. The molecule has 230 valence electrons. The molecule has 4 aromatic rings. The van der Waals surface area contributed by atoms with Crippen molar-refractivity contribution < 1.29 is 24.1 Å². The predicted molar refractivity (Wildman–Crippen MR) is 176 cm³/mol. The Balaban J connectivity index is 1.36. The Morgan fingerprint density at radius 3 is 1.78 bits per heavy atom. The summed E-state index contributed by atoms with van der Waals surface area (Å²) >= 11 is 0. The lowest BCUT2D eigenvalue weighted by molar-refractivity contribution is -0.156. The summed E-state index contributed by atoms with van der Waals surface area (Å²) in [5.41, 5.74) is 2.78. The lowest BCUT2D eigenvalue weighted by Crippen LogP contribution is -2.66. The minimum absolute atomic E-state index is 0.116. The molecule has 2 aliphatic heterocycles. The van der Waals surface area contributed by atoms with Crippen molar-refractivity contribution in [3.8, 4) is 0 Å². The second-order valence-corrected chi connectivity index (χ2v) is 15.3. The summed E-state index contributed by atoms with van der Waals surface area (Å²) in [6, 6.07) is 32.5. The van der Waals surface area contributed by atoms with Gasteiger partial charge in [-0.1, -0.05) is 78.9 Å². The van der Waals surface area contributed by atoms with Crippen LogP contribution >= 0.6 is 7.14 Å². The molecule has 3 atom stereocenters. The first kappa shape index (κ1) is 30.4. The number of nitrogens with zero attached hydrogens (tertiary/aromatic N) is 3. The third-order valence-electron chi connectivity index (χ3n) is 8.86. The lowest BCUT2D eigenvalue weighted by atomic mass is 9.88. The molecule has 2 bridgehead atoms. The van der Waals surface area contributed by atoms with Gasteiger partial charge in [-0.15, -0.1) is 0 Å². The van der Waals surface area contributed by atoms with Gasteiger partial charge in [-0.3, -0.25) is 9.69 Å². The number of carboxylic acids is 1. The van der Waals surface area contributed by atoms with Crippen LogP contribution in [0.25, 0.3) is 0 Å². The number of carbonyl (C=O) groups excluding carboxylic acids is 2. The van der Waals surface area contributed by atoms with Gasteiger partial charge in [-0.2, -0.15) is 0 Å². The SMILES string of the molecule is CP(C)(=O)c1ccc(N(C(=O)N2[C@H]3CC[C@@H]2[C@@H](C(=O)O)N(C(=O)C(c2ccccc2)c2ccccc2)C3)c2ccccc2)cc1. The largest absolute Gasteiger partial charge is 0.480 e. The zero-order chi connectivity index (χ0) is 31.7. The zero-order valence-electron chi connectivity index (χ0n) is 25.3. The maximum absolute atomic E-state index is 14.6. The van der Waals surface area contributed by atoms with Gasteiger partial charge in [0.2, 0.25) is 5.91 Å². The van der Waals surface area contributed by atoms with Crippen LogP contribution in [0.2, 0.25) is 0 Å². The molecule has 0 aromatic heterocycles. The molecule has 0 saturated carbocycles.